The molecule has 2 unspecified atom stereocenters. The van der Waals surface area contributed by atoms with Gasteiger partial charge in [0.2, 0.25) is 0 Å². The summed E-state index contributed by atoms with van der Waals surface area (Å²) >= 11 is 0. The number of rotatable bonds is 1. The van der Waals surface area contributed by atoms with Crippen LogP contribution in [0.25, 0.3) is 0 Å². The van der Waals surface area contributed by atoms with E-state index in [-0.39, 0.29) is 11.7 Å². The standard InChI is InChI=1S/C6H8O2/c1-4-5(8)6(4,2)3-7/h3-4H,1-2H3. The molecule has 0 bridgehead atoms. The van der Waals surface area contributed by atoms with Gasteiger partial charge in [0.05, 0.1) is 5.41 Å². The van der Waals surface area contributed by atoms with Gasteiger partial charge in [-0.2, -0.15) is 0 Å². The summed E-state index contributed by atoms with van der Waals surface area (Å²) in [6.07, 6.45) is 0.736. The van der Waals surface area contributed by atoms with Gasteiger partial charge in [-0.15, -0.1) is 0 Å². The van der Waals surface area contributed by atoms with E-state index in [4.69, 9.17) is 0 Å². The molecule has 0 aromatic heterocycles. The van der Waals surface area contributed by atoms with Crippen molar-refractivity contribution in [3.63, 3.8) is 0 Å². The first-order valence-corrected chi connectivity index (χ1v) is 2.63. The Balaban J connectivity index is 2.77. The SMILES string of the molecule is CC1C(=O)C1(C)C=O. The molecule has 0 amide bonds. The summed E-state index contributed by atoms with van der Waals surface area (Å²) in [4.78, 5) is 20.6. The number of ketones is 1. The Morgan fingerprint density at radius 3 is 2.12 bits per heavy atom. The minimum absolute atomic E-state index is 0.0278. The maximum Gasteiger partial charge on any atom is 0.150 e. The van der Waals surface area contributed by atoms with Crippen molar-refractivity contribution < 1.29 is 9.59 Å². The van der Waals surface area contributed by atoms with Gasteiger partial charge in [-0.1, -0.05) is 6.92 Å². The molecule has 2 heteroatoms. The summed E-state index contributed by atoms with van der Waals surface area (Å²) in [6, 6.07) is 0. The third-order valence-corrected chi connectivity index (χ3v) is 1.99. The van der Waals surface area contributed by atoms with Gasteiger partial charge in [0.25, 0.3) is 0 Å². The molecular formula is C6H8O2. The van der Waals surface area contributed by atoms with Crippen molar-refractivity contribution in [2.24, 2.45) is 11.3 Å². The van der Waals surface area contributed by atoms with E-state index in [1.54, 1.807) is 13.8 Å². The van der Waals surface area contributed by atoms with Gasteiger partial charge in [0.15, 0.2) is 5.78 Å². The number of Topliss-reactive ketones (excluding diaryl/α,β-unsaturated/α-hetero) is 1. The van der Waals surface area contributed by atoms with E-state index in [9.17, 15) is 9.59 Å². The zero-order valence-corrected chi connectivity index (χ0v) is 4.97. The van der Waals surface area contributed by atoms with E-state index in [1.165, 1.54) is 0 Å². The molecule has 1 rings (SSSR count). The lowest BCUT2D eigenvalue weighted by atomic mass is 10.1. The molecule has 1 saturated carbocycles. The fourth-order valence-electron chi connectivity index (χ4n) is 0.766. The molecule has 44 valence electrons. The molecule has 2 nitrogen and oxygen atoms in total. The van der Waals surface area contributed by atoms with Gasteiger partial charge in [0, 0.05) is 5.92 Å². The second kappa shape index (κ2) is 1.19. The topological polar surface area (TPSA) is 34.1 Å². The maximum absolute atomic E-state index is 10.5. The lowest BCUT2D eigenvalue weighted by molar-refractivity contribution is -0.118. The Bertz CT molecular complexity index is 151. The quantitative estimate of drug-likeness (QED) is 0.363. The molecule has 0 aromatic rings. The molecule has 0 aromatic carbocycles. The molecule has 2 atom stereocenters. The lowest BCUT2D eigenvalue weighted by Crippen LogP contribution is -1.98. The van der Waals surface area contributed by atoms with Crippen LogP contribution in [0.15, 0.2) is 0 Å². The van der Waals surface area contributed by atoms with Crippen molar-refractivity contribution >= 4 is 12.1 Å². The molecule has 1 fully saturated rings. The van der Waals surface area contributed by atoms with Crippen LogP contribution in [0.2, 0.25) is 0 Å². The first-order valence-electron chi connectivity index (χ1n) is 2.63. The molecule has 0 radical (unpaired) electrons. The van der Waals surface area contributed by atoms with Crippen LogP contribution in [0, 0.1) is 11.3 Å². The number of carbonyl (C=O) groups excluding carboxylic acids is 2. The zero-order valence-electron chi connectivity index (χ0n) is 4.97. The van der Waals surface area contributed by atoms with Crippen LogP contribution in [0.3, 0.4) is 0 Å². The van der Waals surface area contributed by atoms with Crippen molar-refractivity contribution in [1.29, 1.82) is 0 Å². The minimum Gasteiger partial charge on any atom is -0.302 e. The molecule has 1 aliphatic carbocycles. The Morgan fingerprint density at radius 1 is 1.75 bits per heavy atom. The molecule has 0 heterocycles. The lowest BCUT2D eigenvalue weighted by Gasteiger charge is -1.86. The second-order valence-corrected chi connectivity index (χ2v) is 2.49. The maximum atomic E-state index is 10.5. The predicted molar refractivity (Wildman–Crippen MR) is 28.3 cm³/mol. The van der Waals surface area contributed by atoms with Crippen LogP contribution >= 0.6 is 0 Å². The highest BCUT2D eigenvalue weighted by atomic mass is 16.2. The van der Waals surface area contributed by atoms with Crippen LogP contribution in [0.1, 0.15) is 13.8 Å². The van der Waals surface area contributed by atoms with Crippen LogP contribution in [0.4, 0.5) is 0 Å². The van der Waals surface area contributed by atoms with Gasteiger partial charge < -0.3 is 4.79 Å². The smallest absolute Gasteiger partial charge is 0.150 e. The molecule has 1 aliphatic rings. The molecule has 0 saturated heterocycles. The number of hydrogen-bond donors (Lipinski definition) is 0. The predicted octanol–water partition coefficient (Wildman–Crippen LogP) is 0.410. The summed E-state index contributed by atoms with van der Waals surface area (Å²) in [5, 5.41) is 0. The average molecular weight is 112 g/mol. The summed E-state index contributed by atoms with van der Waals surface area (Å²) < 4.78 is 0. The first-order chi connectivity index (χ1) is 3.63. The van der Waals surface area contributed by atoms with Crippen LogP contribution in [-0.4, -0.2) is 12.1 Å². The fourth-order valence-corrected chi connectivity index (χ4v) is 0.766. The Labute approximate surface area is 47.9 Å². The number of aldehydes is 1. The van der Waals surface area contributed by atoms with Crippen molar-refractivity contribution in [3.8, 4) is 0 Å². The van der Waals surface area contributed by atoms with Gasteiger partial charge in [-0.05, 0) is 6.92 Å². The van der Waals surface area contributed by atoms with Crippen molar-refractivity contribution in [2.75, 3.05) is 0 Å². The van der Waals surface area contributed by atoms with Gasteiger partial charge in [-0.3, -0.25) is 4.79 Å². The van der Waals surface area contributed by atoms with E-state index in [0.29, 0.717) is 0 Å². The Hall–Kier alpha value is -0.660. The Morgan fingerprint density at radius 2 is 2.12 bits per heavy atom. The summed E-state index contributed by atoms with van der Waals surface area (Å²) in [6.45, 7) is 3.45. The minimum atomic E-state index is -0.611. The largest absolute Gasteiger partial charge is 0.302 e. The normalized spacial score (nSPS) is 44.2. The van der Waals surface area contributed by atoms with Crippen LogP contribution in [-0.2, 0) is 9.59 Å². The van der Waals surface area contributed by atoms with Crippen molar-refractivity contribution in [2.45, 2.75) is 13.8 Å². The fraction of sp³-hybridized carbons (Fsp3) is 0.667. The van der Waals surface area contributed by atoms with E-state index in [2.05, 4.69) is 0 Å². The van der Waals surface area contributed by atoms with E-state index in [0.717, 1.165) is 6.29 Å². The van der Waals surface area contributed by atoms with E-state index < -0.39 is 5.41 Å². The van der Waals surface area contributed by atoms with E-state index in [1.807, 2.05) is 0 Å². The van der Waals surface area contributed by atoms with Crippen LogP contribution < -0.4 is 0 Å². The highest BCUT2D eigenvalue weighted by Crippen LogP contribution is 2.44. The summed E-state index contributed by atoms with van der Waals surface area (Å²) in [5.41, 5.74) is -0.611. The molecule has 0 N–H and O–H groups in total. The zero-order chi connectivity index (χ0) is 6.36. The van der Waals surface area contributed by atoms with Crippen molar-refractivity contribution in [3.05, 3.63) is 0 Å². The van der Waals surface area contributed by atoms with Gasteiger partial charge in [-0.25, -0.2) is 0 Å². The van der Waals surface area contributed by atoms with Crippen LogP contribution in [0.5, 0.6) is 0 Å². The highest BCUT2D eigenvalue weighted by molar-refractivity contribution is 6.14. The second-order valence-electron chi connectivity index (χ2n) is 2.49. The number of hydrogen-bond acceptors (Lipinski definition) is 2. The summed E-state index contributed by atoms with van der Waals surface area (Å²) in [5.74, 6) is 0.0486. The number of carbonyl (C=O) groups is 2. The van der Waals surface area contributed by atoms with Gasteiger partial charge in [0.1, 0.15) is 6.29 Å². The summed E-state index contributed by atoms with van der Waals surface area (Å²) in [7, 11) is 0. The Kier molecular flexibility index (Phi) is 0.813. The van der Waals surface area contributed by atoms with Crippen molar-refractivity contribution in [1.82, 2.24) is 0 Å². The molecule has 0 aliphatic heterocycles. The monoisotopic (exact) mass is 112 g/mol. The average Bonchev–Trinajstić information content (AvgIpc) is 2.22. The third kappa shape index (κ3) is 0.377. The molecule has 0 spiro atoms. The first kappa shape index (κ1) is 5.48. The van der Waals surface area contributed by atoms with E-state index >= 15 is 0 Å². The molecule has 8 heavy (non-hydrogen) atoms. The highest BCUT2D eigenvalue weighted by Gasteiger charge is 2.58. The molecular weight excluding hydrogens is 104 g/mol. The van der Waals surface area contributed by atoms with Gasteiger partial charge >= 0.3 is 0 Å². The third-order valence-electron chi connectivity index (χ3n) is 1.99.